The third-order valence-corrected chi connectivity index (χ3v) is 11.1. The summed E-state index contributed by atoms with van der Waals surface area (Å²) in [6.45, 7) is 0. The Hall–Kier alpha value is -7.86. The van der Waals surface area contributed by atoms with Crippen molar-refractivity contribution in [1.29, 1.82) is 10.5 Å². The first-order valence-corrected chi connectivity index (χ1v) is 18.3. The van der Waals surface area contributed by atoms with E-state index in [1.807, 2.05) is 30.3 Å². The highest BCUT2D eigenvalue weighted by Gasteiger charge is 2.19. The van der Waals surface area contributed by atoms with Gasteiger partial charge in [-0.15, -0.1) is 0 Å². The van der Waals surface area contributed by atoms with Gasteiger partial charge in [-0.05, 0) is 90.0 Å². The fourth-order valence-electron chi connectivity index (χ4n) is 8.67. The van der Waals surface area contributed by atoms with Crippen LogP contribution in [0.5, 0.6) is 0 Å². The molecule has 0 aliphatic carbocycles. The van der Waals surface area contributed by atoms with Crippen molar-refractivity contribution in [3.8, 4) is 40.3 Å². The van der Waals surface area contributed by atoms with E-state index in [4.69, 9.17) is 0 Å². The van der Waals surface area contributed by atoms with Crippen LogP contribution in [0.2, 0.25) is 0 Å². The first kappa shape index (κ1) is 30.7. The number of para-hydroxylation sites is 4. The number of aromatic nitrogens is 3. The SMILES string of the molecule is N#Cc1ccc2c(c1)c1ccc(-n3c4ccccc4c4ccccc43)cc1n2-c1cc(-c2ccc(-n3c4ccccc4c4ccccc43)cc2)ccc1C#N. The highest BCUT2D eigenvalue weighted by molar-refractivity contribution is 6.13. The van der Waals surface area contributed by atoms with Gasteiger partial charge in [0.2, 0.25) is 0 Å². The Bertz CT molecular complexity index is 3350. The fourth-order valence-corrected chi connectivity index (χ4v) is 8.67. The summed E-state index contributed by atoms with van der Waals surface area (Å²) in [6.07, 6.45) is 0. The van der Waals surface area contributed by atoms with Crippen LogP contribution in [-0.4, -0.2) is 13.7 Å². The molecule has 0 radical (unpaired) electrons. The van der Waals surface area contributed by atoms with Crippen molar-refractivity contribution < 1.29 is 0 Å². The van der Waals surface area contributed by atoms with Gasteiger partial charge in [0.05, 0.1) is 56.0 Å². The molecule has 0 aliphatic heterocycles. The van der Waals surface area contributed by atoms with Gasteiger partial charge < -0.3 is 13.7 Å². The molecule has 0 spiro atoms. The van der Waals surface area contributed by atoms with Gasteiger partial charge in [0.1, 0.15) is 6.07 Å². The van der Waals surface area contributed by atoms with Gasteiger partial charge in [-0.3, -0.25) is 0 Å². The molecule has 0 fully saturated rings. The van der Waals surface area contributed by atoms with Gasteiger partial charge >= 0.3 is 0 Å². The monoisotopic (exact) mass is 699 g/mol. The average Bonchev–Trinajstić information content (AvgIpc) is 3.88. The van der Waals surface area contributed by atoms with Crippen LogP contribution in [0.25, 0.3) is 93.6 Å². The van der Waals surface area contributed by atoms with Gasteiger partial charge in [0.25, 0.3) is 0 Å². The molecule has 0 amide bonds. The molecule has 0 atom stereocenters. The standard InChI is InChI=1S/C50H29N5/c51-30-32-17-26-48-43(27-32)42-25-24-37(54-46-15-7-3-11-40(46)41-12-4-8-16-47(41)54)29-50(42)55(48)49-28-34(18-19-35(49)31-52)33-20-22-36(23-21-33)53-44-13-5-1-9-38(44)39-10-2-6-14-45(39)53/h1-29H. The molecule has 0 N–H and O–H groups in total. The molecule has 3 heterocycles. The maximum Gasteiger partial charge on any atom is 0.101 e. The van der Waals surface area contributed by atoms with Crippen molar-refractivity contribution in [2.45, 2.75) is 0 Å². The van der Waals surface area contributed by atoms with Gasteiger partial charge in [0, 0.05) is 43.7 Å². The van der Waals surface area contributed by atoms with Crippen molar-refractivity contribution in [3.63, 3.8) is 0 Å². The van der Waals surface area contributed by atoms with Crippen molar-refractivity contribution in [3.05, 3.63) is 187 Å². The molecule has 0 bridgehead atoms. The second kappa shape index (κ2) is 11.8. The highest BCUT2D eigenvalue weighted by Crippen LogP contribution is 2.39. The summed E-state index contributed by atoms with van der Waals surface area (Å²) in [4.78, 5) is 0. The average molecular weight is 700 g/mol. The zero-order valence-corrected chi connectivity index (χ0v) is 29.5. The van der Waals surface area contributed by atoms with Crippen molar-refractivity contribution >= 4 is 65.4 Å². The van der Waals surface area contributed by atoms with E-state index in [1.165, 1.54) is 32.6 Å². The van der Waals surface area contributed by atoms with E-state index in [-0.39, 0.29) is 0 Å². The molecule has 5 nitrogen and oxygen atoms in total. The molecular formula is C50H29N5. The number of hydrogen-bond acceptors (Lipinski definition) is 2. The molecule has 8 aromatic carbocycles. The van der Waals surface area contributed by atoms with Crippen LogP contribution in [0.3, 0.4) is 0 Å². The van der Waals surface area contributed by atoms with E-state index in [0.29, 0.717) is 11.1 Å². The van der Waals surface area contributed by atoms with Gasteiger partial charge in [0.15, 0.2) is 0 Å². The Balaban J connectivity index is 1.11. The van der Waals surface area contributed by atoms with Gasteiger partial charge in [-0.2, -0.15) is 10.5 Å². The van der Waals surface area contributed by atoms with E-state index >= 15 is 0 Å². The number of benzene rings is 8. The smallest absolute Gasteiger partial charge is 0.101 e. The minimum atomic E-state index is 0.566. The maximum absolute atomic E-state index is 10.5. The molecule has 55 heavy (non-hydrogen) atoms. The molecule has 3 aromatic heterocycles. The first-order chi connectivity index (χ1) is 27.2. The number of nitriles is 2. The predicted octanol–water partition coefficient (Wildman–Crippen LogP) is 12.4. The Morgan fingerprint density at radius 3 is 1.38 bits per heavy atom. The number of rotatable bonds is 4. The summed E-state index contributed by atoms with van der Waals surface area (Å²) < 4.78 is 6.83. The third kappa shape index (κ3) is 4.51. The first-order valence-electron chi connectivity index (χ1n) is 18.3. The Morgan fingerprint density at radius 1 is 0.327 bits per heavy atom. The molecule has 11 rings (SSSR count). The lowest BCUT2D eigenvalue weighted by molar-refractivity contribution is 1.15. The minimum absolute atomic E-state index is 0.566. The zero-order chi connectivity index (χ0) is 36.6. The molecule has 0 saturated heterocycles. The molecule has 0 aliphatic rings. The summed E-state index contributed by atoms with van der Waals surface area (Å²) in [6, 6.07) is 66.0. The van der Waals surface area contributed by atoms with E-state index in [9.17, 15) is 10.5 Å². The summed E-state index contributed by atoms with van der Waals surface area (Å²) in [5, 5.41) is 27.3. The second-order valence-electron chi connectivity index (χ2n) is 14.0. The zero-order valence-electron chi connectivity index (χ0n) is 29.5. The normalized spacial score (nSPS) is 11.6. The number of hydrogen-bond donors (Lipinski definition) is 0. The molecule has 0 unspecified atom stereocenters. The Kier molecular flexibility index (Phi) is 6.61. The molecule has 254 valence electrons. The van der Waals surface area contributed by atoms with Crippen LogP contribution < -0.4 is 0 Å². The third-order valence-electron chi connectivity index (χ3n) is 11.1. The van der Waals surface area contributed by atoms with Crippen LogP contribution in [0.15, 0.2) is 176 Å². The van der Waals surface area contributed by atoms with E-state index < -0.39 is 0 Å². The van der Waals surface area contributed by atoms with E-state index in [2.05, 4.69) is 171 Å². The summed E-state index contributed by atoms with van der Waals surface area (Å²) in [5.41, 5.74) is 12.6. The molecular weight excluding hydrogens is 671 g/mol. The molecule has 11 aromatic rings. The second-order valence-corrected chi connectivity index (χ2v) is 14.0. The van der Waals surface area contributed by atoms with Crippen molar-refractivity contribution in [2.24, 2.45) is 0 Å². The molecule has 0 saturated carbocycles. The summed E-state index contributed by atoms with van der Waals surface area (Å²) in [5.74, 6) is 0. The number of fused-ring (bicyclic) bond motifs is 9. The van der Waals surface area contributed by atoms with Crippen LogP contribution in [-0.2, 0) is 0 Å². The van der Waals surface area contributed by atoms with E-state index in [0.717, 1.165) is 61.0 Å². The van der Waals surface area contributed by atoms with Crippen molar-refractivity contribution in [1.82, 2.24) is 13.7 Å². The maximum atomic E-state index is 10.5. The summed E-state index contributed by atoms with van der Waals surface area (Å²) in [7, 11) is 0. The summed E-state index contributed by atoms with van der Waals surface area (Å²) >= 11 is 0. The van der Waals surface area contributed by atoms with Crippen LogP contribution in [0, 0.1) is 22.7 Å². The van der Waals surface area contributed by atoms with E-state index in [1.54, 1.807) is 0 Å². The predicted molar refractivity (Wildman–Crippen MR) is 224 cm³/mol. The van der Waals surface area contributed by atoms with Crippen molar-refractivity contribution in [2.75, 3.05) is 0 Å². The largest absolute Gasteiger partial charge is 0.309 e. The Labute approximate surface area is 316 Å². The van der Waals surface area contributed by atoms with Gasteiger partial charge in [-0.25, -0.2) is 0 Å². The lowest BCUT2D eigenvalue weighted by Gasteiger charge is -2.14. The lowest BCUT2D eigenvalue weighted by Crippen LogP contribution is -2.00. The minimum Gasteiger partial charge on any atom is -0.309 e. The fraction of sp³-hybridized carbons (Fsp3) is 0. The van der Waals surface area contributed by atoms with Crippen LogP contribution in [0.1, 0.15) is 11.1 Å². The van der Waals surface area contributed by atoms with Crippen LogP contribution >= 0.6 is 0 Å². The lowest BCUT2D eigenvalue weighted by atomic mass is 10.0. The van der Waals surface area contributed by atoms with Crippen LogP contribution in [0.4, 0.5) is 0 Å². The number of nitrogens with zero attached hydrogens (tertiary/aromatic N) is 5. The Morgan fingerprint density at radius 2 is 0.818 bits per heavy atom. The highest BCUT2D eigenvalue weighted by atomic mass is 15.0. The van der Waals surface area contributed by atoms with Gasteiger partial charge in [-0.1, -0.05) is 97.1 Å². The quantitative estimate of drug-likeness (QED) is 0.184. The molecule has 5 heteroatoms. The topological polar surface area (TPSA) is 62.4 Å².